The van der Waals surface area contributed by atoms with Gasteiger partial charge in [-0.25, -0.2) is 0 Å². The third-order valence-corrected chi connectivity index (χ3v) is 6.32. The van der Waals surface area contributed by atoms with Crippen LogP contribution in [-0.2, 0) is 0 Å². The van der Waals surface area contributed by atoms with E-state index in [0.29, 0.717) is 22.3 Å². The molecular formula is C27H28N6O2. The van der Waals surface area contributed by atoms with E-state index >= 15 is 0 Å². The molecule has 4 aromatic rings. The van der Waals surface area contributed by atoms with Crippen LogP contribution < -0.4 is 20.9 Å². The van der Waals surface area contributed by atoms with Gasteiger partial charge in [0.15, 0.2) is 5.82 Å². The van der Waals surface area contributed by atoms with Crippen LogP contribution in [0.2, 0.25) is 0 Å². The van der Waals surface area contributed by atoms with Gasteiger partial charge in [-0.05, 0) is 55.0 Å². The third kappa shape index (κ3) is 5.02. The van der Waals surface area contributed by atoms with Gasteiger partial charge in [-0.1, -0.05) is 30.3 Å². The summed E-state index contributed by atoms with van der Waals surface area (Å²) in [5.74, 6) is -0.0509. The molecule has 8 heteroatoms. The summed E-state index contributed by atoms with van der Waals surface area (Å²) in [5.41, 5.74) is 3.92. The fourth-order valence-electron chi connectivity index (χ4n) is 4.28. The minimum Gasteiger partial charge on any atom is -0.369 e. The number of carbonyl (C=O) groups excluding carboxylic acids is 2. The molecule has 1 unspecified atom stereocenters. The Morgan fingerprint density at radius 3 is 2.37 bits per heavy atom. The lowest BCUT2D eigenvalue weighted by molar-refractivity contribution is 0.0939. The smallest absolute Gasteiger partial charge is 0.256 e. The summed E-state index contributed by atoms with van der Waals surface area (Å²) in [5, 5.41) is 17.1. The number of fused-ring (bicyclic) bond motifs is 1. The van der Waals surface area contributed by atoms with E-state index in [4.69, 9.17) is 0 Å². The number of H-pyrrole nitrogens is 1. The molecule has 0 aliphatic carbocycles. The van der Waals surface area contributed by atoms with Crippen LogP contribution in [0.4, 0.5) is 11.5 Å². The van der Waals surface area contributed by atoms with Crippen molar-refractivity contribution in [1.82, 2.24) is 20.8 Å². The second kappa shape index (κ2) is 9.99. The van der Waals surface area contributed by atoms with Crippen molar-refractivity contribution in [2.24, 2.45) is 0 Å². The zero-order valence-corrected chi connectivity index (χ0v) is 19.5. The predicted molar refractivity (Wildman–Crippen MR) is 138 cm³/mol. The molecule has 1 aromatic heterocycles. The third-order valence-electron chi connectivity index (χ3n) is 6.32. The van der Waals surface area contributed by atoms with Gasteiger partial charge in [0.05, 0.1) is 11.6 Å². The number of nitrogens with zero attached hydrogens (tertiary/aromatic N) is 2. The van der Waals surface area contributed by atoms with Crippen LogP contribution >= 0.6 is 0 Å². The van der Waals surface area contributed by atoms with Gasteiger partial charge in [0, 0.05) is 48.4 Å². The molecule has 0 bridgehead atoms. The molecule has 8 nitrogen and oxygen atoms in total. The van der Waals surface area contributed by atoms with E-state index in [1.54, 1.807) is 18.2 Å². The molecule has 178 valence electrons. The first-order valence-electron chi connectivity index (χ1n) is 11.8. The largest absolute Gasteiger partial charge is 0.369 e. The first-order valence-corrected chi connectivity index (χ1v) is 11.8. The Balaban J connectivity index is 1.29. The lowest BCUT2D eigenvalue weighted by atomic mass is 10.1. The zero-order valence-electron chi connectivity index (χ0n) is 19.5. The van der Waals surface area contributed by atoms with Crippen LogP contribution in [0.3, 0.4) is 0 Å². The molecule has 3 aromatic carbocycles. The topological polar surface area (TPSA) is 102 Å². The maximum Gasteiger partial charge on any atom is 0.256 e. The maximum atomic E-state index is 12.9. The Bertz CT molecular complexity index is 1330. The highest BCUT2D eigenvalue weighted by Gasteiger charge is 2.16. The van der Waals surface area contributed by atoms with E-state index in [1.807, 2.05) is 61.5 Å². The fourth-order valence-corrected chi connectivity index (χ4v) is 4.28. The quantitative estimate of drug-likeness (QED) is 0.346. The molecule has 1 aliphatic rings. The lowest BCUT2D eigenvalue weighted by Crippen LogP contribution is -2.43. The SMILES string of the molecule is CC(NC(=O)c1ccc2[nH]nc(NC(=O)c3ccc(N4CCNCC4)cc3)c2c1)c1ccccc1. The molecule has 35 heavy (non-hydrogen) atoms. The van der Waals surface area contributed by atoms with Gasteiger partial charge in [-0.15, -0.1) is 0 Å². The molecule has 4 N–H and O–H groups in total. The summed E-state index contributed by atoms with van der Waals surface area (Å²) in [4.78, 5) is 28.1. The summed E-state index contributed by atoms with van der Waals surface area (Å²) in [6.07, 6.45) is 0. The van der Waals surface area contributed by atoms with E-state index in [-0.39, 0.29) is 17.9 Å². The van der Waals surface area contributed by atoms with E-state index in [0.717, 1.165) is 42.9 Å². The van der Waals surface area contributed by atoms with Gasteiger partial charge in [0.25, 0.3) is 11.8 Å². The summed E-state index contributed by atoms with van der Waals surface area (Å²) in [6.45, 7) is 5.76. The van der Waals surface area contributed by atoms with Gasteiger partial charge in [-0.2, -0.15) is 5.10 Å². The van der Waals surface area contributed by atoms with Crippen LogP contribution in [-0.4, -0.2) is 48.2 Å². The monoisotopic (exact) mass is 468 g/mol. The van der Waals surface area contributed by atoms with E-state index < -0.39 is 0 Å². The van der Waals surface area contributed by atoms with Crippen LogP contribution in [0, 0.1) is 0 Å². The number of nitrogens with one attached hydrogen (secondary N) is 4. The number of hydrogen-bond acceptors (Lipinski definition) is 5. The van der Waals surface area contributed by atoms with Crippen LogP contribution in [0.1, 0.15) is 39.2 Å². The molecule has 1 saturated heterocycles. The number of benzene rings is 3. The highest BCUT2D eigenvalue weighted by Crippen LogP contribution is 2.24. The number of amides is 2. The summed E-state index contributed by atoms with van der Waals surface area (Å²) < 4.78 is 0. The molecule has 2 amide bonds. The number of carbonyl (C=O) groups is 2. The average Bonchev–Trinajstić information content (AvgIpc) is 3.31. The number of aromatic nitrogens is 2. The standard InChI is InChI=1S/C27H28N6O2/c1-18(19-5-3-2-4-6-19)29-27(35)21-9-12-24-23(17-21)25(32-31-24)30-26(34)20-7-10-22(11-8-20)33-15-13-28-14-16-33/h2-12,17-18,28H,13-16H2,1H3,(H,29,35)(H2,30,31,32,34). The van der Waals surface area contributed by atoms with E-state index in [9.17, 15) is 9.59 Å². The number of anilines is 2. The number of hydrogen-bond donors (Lipinski definition) is 4. The van der Waals surface area contributed by atoms with Crippen molar-refractivity contribution in [3.8, 4) is 0 Å². The molecule has 1 aliphatic heterocycles. The number of rotatable bonds is 6. The summed E-state index contributed by atoms with van der Waals surface area (Å²) in [6, 6.07) is 22.5. The van der Waals surface area contributed by atoms with Gasteiger partial charge in [0.1, 0.15) is 0 Å². The lowest BCUT2D eigenvalue weighted by Gasteiger charge is -2.29. The summed E-state index contributed by atoms with van der Waals surface area (Å²) >= 11 is 0. The van der Waals surface area contributed by atoms with Crippen LogP contribution in [0.15, 0.2) is 72.8 Å². The van der Waals surface area contributed by atoms with Gasteiger partial charge >= 0.3 is 0 Å². The molecular weight excluding hydrogens is 440 g/mol. The molecule has 0 saturated carbocycles. The predicted octanol–water partition coefficient (Wildman–Crippen LogP) is 3.72. The van der Waals surface area contributed by atoms with Crippen molar-refractivity contribution in [3.05, 3.63) is 89.5 Å². The van der Waals surface area contributed by atoms with Crippen molar-refractivity contribution in [2.75, 3.05) is 36.4 Å². The van der Waals surface area contributed by atoms with Crippen molar-refractivity contribution >= 4 is 34.2 Å². The Morgan fingerprint density at radius 1 is 0.914 bits per heavy atom. The molecule has 2 heterocycles. The molecule has 0 spiro atoms. The number of piperazine rings is 1. The minimum absolute atomic E-state index is 0.132. The molecule has 1 fully saturated rings. The van der Waals surface area contributed by atoms with Gasteiger partial charge in [0.2, 0.25) is 0 Å². The Morgan fingerprint density at radius 2 is 1.63 bits per heavy atom. The molecule has 5 rings (SSSR count). The first kappa shape index (κ1) is 22.6. The summed E-state index contributed by atoms with van der Waals surface area (Å²) in [7, 11) is 0. The Kier molecular flexibility index (Phi) is 6.45. The first-order chi connectivity index (χ1) is 17.1. The van der Waals surface area contributed by atoms with Crippen molar-refractivity contribution in [3.63, 3.8) is 0 Å². The van der Waals surface area contributed by atoms with Crippen molar-refractivity contribution in [2.45, 2.75) is 13.0 Å². The van der Waals surface area contributed by atoms with Crippen LogP contribution in [0.25, 0.3) is 10.9 Å². The Labute approximate surface area is 203 Å². The van der Waals surface area contributed by atoms with Gasteiger partial charge < -0.3 is 20.9 Å². The highest BCUT2D eigenvalue weighted by molar-refractivity contribution is 6.09. The highest BCUT2D eigenvalue weighted by atomic mass is 16.2. The second-order valence-electron chi connectivity index (χ2n) is 8.68. The van der Waals surface area contributed by atoms with Crippen molar-refractivity contribution < 1.29 is 9.59 Å². The Hall–Kier alpha value is -4.17. The minimum atomic E-state index is -0.252. The molecule has 0 radical (unpaired) electrons. The second-order valence-corrected chi connectivity index (χ2v) is 8.68. The molecule has 1 atom stereocenters. The van der Waals surface area contributed by atoms with E-state index in [1.165, 1.54) is 0 Å². The maximum absolute atomic E-state index is 12.9. The van der Waals surface area contributed by atoms with Crippen LogP contribution in [0.5, 0.6) is 0 Å². The normalized spacial score (nSPS) is 14.5. The van der Waals surface area contributed by atoms with Crippen molar-refractivity contribution in [1.29, 1.82) is 0 Å². The number of aromatic amines is 1. The fraction of sp³-hybridized carbons (Fsp3) is 0.222. The average molecular weight is 469 g/mol. The van der Waals surface area contributed by atoms with E-state index in [2.05, 4.69) is 31.0 Å². The van der Waals surface area contributed by atoms with Gasteiger partial charge in [-0.3, -0.25) is 14.7 Å². The zero-order chi connectivity index (χ0) is 24.2.